The van der Waals surface area contributed by atoms with E-state index in [1.807, 2.05) is 6.07 Å². The van der Waals surface area contributed by atoms with Crippen LogP contribution in [-0.2, 0) is 17.6 Å². The molecule has 1 aromatic carbocycles. The molecule has 1 aliphatic carbocycles. The fraction of sp³-hybridized carbons (Fsp3) is 0.611. The Morgan fingerprint density at radius 1 is 1.29 bits per heavy atom. The number of ether oxygens (including phenoxy) is 1. The van der Waals surface area contributed by atoms with Crippen molar-refractivity contribution in [3.05, 3.63) is 34.9 Å². The van der Waals surface area contributed by atoms with Crippen LogP contribution >= 0.6 is 0 Å². The number of carbonyl (C=O) groups is 1. The van der Waals surface area contributed by atoms with Gasteiger partial charge in [-0.25, -0.2) is 0 Å². The summed E-state index contributed by atoms with van der Waals surface area (Å²) < 4.78 is 5.60. The molecule has 0 spiro atoms. The summed E-state index contributed by atoms with van der Waals surface area (Å²) in [4.78, 5) is 14.8. The molecule has 0 saturated carbocycles. The van der Waals surface area contributed by atoms with E-state index in [2.05, 4.69) is 24.0 Å². The van der Waals surface area contributed by atoms with Crippen LogP contribution < -0.4 is 0 Å². The minimum Gasteiger partial charge on any atom is -0.377 e. The standard InChI is InChI=1S/C18H25NO2/c1-18(21-2)9-4-10-19(13-18)12-17(20)16-8-7-14-5-3-6-15(14)11-16/h7-8,11H,3-6,9-10,12-13H2,1-2H3. The van der Waals surface area contributed by atoms with Crippen molar-refractivity contribution in [2.75, 3.05) is 26.7 Å². The van der Waals surface area contributed by atoms with Gasteiger partial charge in [0.1, 0.15) is 0 Å². The Morgan fingerprint density at radius 2 is 2.10 bits per heavy atom. The van der Waals surface area contributed by atoms with Gasteiger partial charge in [-0.15, -0.1) is 0 Å². The number of nitrogens with zero attached hydrogens (tertiary/aromatic N) is 1. The molecule has 3 rings (SSSR count). The van der Waals surface area contributed by atoms with E-state index in [-0.39, 0.29) is 11.4 Å². The number of benzene rings is 1. The zero-order valence-corrected chi connectivity index (χ0v) is 13.2. The predicted octanol–water partition coefficient (Wildman–Crippen LogP) is 2.86. The minimum absolute atomic E-state index is 0.101. The highest BCUT2D eigenvalue weighted by atomic mass is 16.5. The number of carbonyl (C=O) groups excluding carboxylic acids is 1. The van der Waals surface area contributed by atoms with Crippen molar-refractivity contribution in [1.29, 1.82) is 0 Å². The number of rotatable bonds is 4. The molecule has 114 valence electrons. The van der Waals surface area contributed by atoms with Gasteiger partial charge in [0, 0.05) is 19.2 Å². The van der Waals surface area contributed by atoms with Gasteiger partial charge in [0.25, 0.3) is 0 Å². The van der Waals surface area contributed by atoms with E-state index in [1.54, 1.807) is 7.11 Å². The fourth-order valence-electron chi connectivity index (χ4n) is 3.65. The van der Waals surface area contributed by atoms with Crippen molar-refractivity contribution >= 4 is 5.78 Å². The highest BCUT2D eigenvalue weighted by molar-refractivity contribution is 5.97. The maximum atomic E-state index is 12.5. The monoisotopic (exact) mass is 287 g/mol. The van der Waals surface area contributed by atoms with E-state index in [4.69, 9.17) is 4.74 Å². The van der Waals surface area contributed by atoms with Crippen LogP contribution in [0.3, 0.4) is 0 Å². The second-order valence-electron chi connectivity index (χ2n) is 6.73. The molecule has 3 heteroatoms. The van der Waals surface area contributed by atoms with Gasteiger partial charge >= 0.3 is 0 Å². The number of hydrogen-bond donors (Lipinski definition) is 0. The van der Waals surface area contributed by atoms with E-state index in [0.29, 0.717) is 6.54 Å². The van der Waals surface area contributed by atoms with Crippen LogP contribution in [0.2, 0.25) is 0 Å². The lowest BCUT2D eigenvalue weighted by molar-refractivity contribution is -0.0485. The first-order chi connectivity index (χ1) is 10.1. The Morgan fingerprint density at radius 3 is 2.90 bits per heavy atom. The molecule has 1 heterocycles. The molecule has 2 aliphatic rings. The van der Waals surface area contributed by atoms with Gasteiger partial charge < -0.3 is 4.74 Å². The summed E-state index contributed by atoms with van der Waals surface area (Å²) in [6.07, 6.45) is 5.70. The van der Waals surface area contributed by atoms with Crippen molar-refractivity contribution in [1.82, 2.24) is 4.90 Å². The molecule has 0 aromatic heterocycles. The number of fused-ring (bicyclic) bond motifs is 1. The van der Waals surface area contributed by atoms with Gasteiger partial charge in [0.15, 0.2) is 5.78 Å². The van der Waals surface area contributed by atoms with Crippen molar-refractivity contribution in [2.24, 2.45) is 0 Å². The van der Waals surface area contributed by atoms with Crippen molar-refractivity contribution < 1.29 is 9.53 Å². The Labute approximate surface area is 127 Å². The molecule has 1 unspecified atom stereocenters. The van der Waals surface area contributed by atoms with Crippen LogP contribution in [0.5, 0.6) is 0 Å². The van der Waals surface area contributed by atoms with Crippen molar-refractivity contribution in [3.63, 3.8) is 0 Å². The normalized spacial score (nSPS) is 25.8. The van der Waals surface area contributed by atoms with Crippen LogP contribution in [0, 0.1) is 0 Å². The molecule has 1 aliphatic heterocycles. The Hall–Kier alpha value is -1.19. The van der Waals surface area contributed by atoms with Crippen LogP contribution in [0.1, 0.15) is 47.7 Å². The summed E-state index contributed by atoms with van der Waals surface area (Å²) in [6.45, 7) is 4.49. The van der Waals surface area contributed by atoms with E-state index < -0.39 is 0 Å². The van der Waals surface area contributed by atoms with E-state index >= 15 is 0 Å². The highest BCUT2D eigenvalue weighted by Crippen LogP contribution is 2.25. The second-order valence-corrected chi connectivity index (χ2v) is 6.73. The zero-order chi connectivity index (χ0) is 14.9. The summed E-state index contributed by atoms with van der Waals surface area (Å²) in [6, 6.07) is 6.27. The number of piperidine rings is 1. The number of methoxy groups -OCH3 is 1. The summed E-state index contributed by atoms with van der Waals surface area (Å²) in [7, 11) is 1.77. The second kappa shape index (κ2) is 5.90. The summed E-state index contributed by atoms with van der Waals surface area (Å²) >= 11 is 0. The Bertz CT molecular complexity index is 540. The molecule has 0 radical (unpaired) electrons. The van der Waals surface area contributed by atoms with Crippen molar-refractivity contribution in [3.8, 4) is 0 Å². The molecular weight excluding hydrogens is 262 g/mol. The summed E-state index contributed by atoms with van der Waals surface area (Å²) in [5.41, 5.74) is 3.58. The maximum absolute atomic E-state index is 12.5. The first-order valence-electron chi connectivity index (χ1n) is 8.02. The van der Waals surface area contributed by atoms with Crippen molar-refractivity contribution in [2.45, 2.75) is 44.6 Å². The van der Waals surface area contributed by atoms with Gasteiger partial charge in [-0.1, -0.05) is 12.1 Å². The molecule has 1 atom stereocenters. The summed E-state index contributed by atoms with van der Waals surface area (Å²) in [5, 5.41) is 0. The summed E-state index contributed by atoms with van der Waals surface area (Å²) in [5.74, 6) is 0.241. The third-order valence-corrected chi connectivity index (χ3v) is 5.02. The highest BCUT2D eigenvalue weighted by Gasteiger charge is 2.31. The molecule has 3 nitrogen and oxygen atoms in total. The van der Waals surface area contributed by atoms with Crippen LogP contribution in [0.4, 0.5) is 0 Å². The van der Waals surface area contributed by atoms with Gasteiger partial charge in [0.2, 0.25) is 0 Å². The van der Waals surface area contributed by atoms with Gasteiger partial charge in [-0.3, -0.25) is 9.69 Å². The van der Waals surface area contributed by atoms with Gasteiger partial charge in [0.05, 0.1) is 12.1 Å². The molecule has 1 fully saturated rings. The molecule has 1 aromatic rings. The average molecular weight is 287 g/mol. The van der Waals surface area contributed by atoms with Gasteiger partial charge in [-0.05, 0) is 62.8 Å². The molecule has 0 bridgehead atoms. The van der Waals surface area contributed by atoms with E-state index in [0.717, 1.165) is 37.9 Å². The first kappa shape index (κ1) is 14.7. The Kier molecular flexibility index (Phi) is 4.14. The smallest absolute Gasteiger partial charge is 0.176 e. The number of hydrogen-bond acceptors (Lipinski definition) is 3. The van der Waals surface area contributed by atoms with E-state index in [9.17, 15) is 4.79 Å². The maximum Gasteiger partial charge on any atom is 0.176 e. The van der Waals surface area contributed by atoms with Crippen LogP contribution in [0.25, 0.3) is 0 Å². The SMILES string of the molecule is COC1(C)CCCN(CC(=O)c2ccc3c(c2)CCC3)C1. The number of likely N-dealkylation sites (tertiary alicyclic amines) is 1. The molecule has 1 saturated heterocycles. The average Bonchev–Trinajstić information content (AvgIpc) is 2.94. The lowest BCUT2D eigenvalue weighted by Gasteiger charge is -2.39. The quantitative estimate of drug-likeness (QED) is 0.798. The number of ketones is 1. The minimum atomic E-state index is -0.101. The predicted molar refractivity (Wildman–Crippen MR) is 83.9 cm³/mol. The van der Waals surface area contributed by atoms with Crippen LogP contribution in [-0.4, -0.2) is 43.0 Å². The molecule has 0 N–H and O–H groups in total. The lowest BCUT2D eigenvalue weighted by Crippen LogP contribution is -2.48. The fourth-order valence-corrected chi connectivity index (χ4v) is 3.65. The van der Waals surface area contributed by atoms with E-state index in [1.165, 1.54) is 24.0 Å². The molecule has 0 amide bonds. The lowest BCUT2D eigenvalue weighted by atomic mass is 9.94. The number of Topliss-reactive ketones (excluding diaryl/α,β-unsaturated/α-hetero) is 1. The van der Waals surface area contributed by atoms with Crippen LogP contribution in [0.15, 0.2) is 18.2 Å². The number of aryl methyl sites for hydroxylation is 2. The topological polar surface area (TPSA) is 29.5 Å². The third kappa shape index (κ3) is 3.19. The molecular formula is C18H25NO2. The molecule has 21 heavy (non-hydrogen) atoms. The first-order valence-corrected chi connectivity index (χ1v) is 8.02. The third-order valence-electron chi connectivity index (χ3n) is 5.02. The van der Waals surface area contributed by atoms with Gasteiger partial charge in [-0.2, -0.15) is 0 Å². The zero-order valence-electron chi connectivity index (χ0n) is 13.2. The Balaban J connectivity index is 1.66. The largest absolute Gasteiger partial charge is 0.377 e.